The van der Waals surface area contributed by atoms with Gasteiger partial charge in [0.2, 0.25) is 5.91 Å². The summed E-state index contributed by atoms with van der Waals surface area (Å²) in [6.45, 7) is -0.101. The van der Waals surface area contributed by atoms with Crippen LogP contribution in [0, 0.1) is 0 Å². The van der Waals surface area contributed by atoms with Gasteiger partial charge in [-0.05, 0) is 48.6 Å². The van der Waals surface area contributed by atoms with Crippen LogP contribution in [0.5, 0.6) is 0 Å². The molecule has 25 heavy (non-hydrogen) atoms. The lowest BCUT2D eigenvalue weighted by atomic mass is 9.88. The molecular formula is C19H18Cl2N2O2. The van der Waals surface area contributed by atoms with E-state index in [1.54, 1.807) is 6.07 Å². The maximum Gasteiger partial charge on any atom is 0.253 e. The highest BCUT2D eigenvalue weighted by Crippen LogP contribution is 2.29. The van der Waals surface area contributed by atoms with Crippen LogP contribution >= 0.6 is 23.2 Å². The lowest BCUT2D eigenvalue weighted by molar-refractivity contribution is -0.121. The lowest BCUT2D eigenvalue weighted by Crippen LogP contribution is -2.39. The molecule has 0 fully saturated rings. The summed E-state index contributed by atoms with van der Waals surface area (Å²) in [6.07, 6.45) is 2.97. The number of aryl methyl sites for hydroxylation is 1. The number of rotatable bonds is 4. The summed E-state index contributed by atoms with van der Waals surface area (Å²) in [5.41, 5.74) is 2.73. The maximum atomic E-state index is 12.2. The molecule has 0 saturated heterocycles. The number of hydrogen-bond acceptors (Lipinski definition) is 2. The van der Waals surface area contributed by atoms with Crippen molar-refractivity contribution in [3.63, 3.8) is 0 Å². The van der Waals surface area contributed by atoms with Gasteiger partial charge >= 0.3 is 0 Å². The Hall–Kier alpha value is -2.04. The van der Waals surface area contributed by atoms with E-state index in [0.717, 1.165) is 24.8 Å². The number of fused-ring (bicyclic) bond motifs is 1. The fourth-order valence-electron chi connectivity index (χ4n) is 3.08. The molecule has 3 rings (SSSR count). The molecule has 0 aliphatic heterocycles. The smallest absolute Gasteiger partial charge is 0.253 e. The minimum Gasteiger partial charge on any atom is -0.348 e. The van der Waals surface area contributed by atoms with Crippen LogP contribution in [-0.2, 0) is 11.2 Å². The molecule has 0 radical (unpaired) electrons. The number of halogens is 2. The predicted molar refractivity (Wildman–Crippen MR) is 99.1 cm³/mol. The first-order chi connectivity index (χ1) is 12.0. The van der Waals surface area contributed by atoms with Crippen molar-refractivity contribution >= 4 is 35.0 Å². The molecule has 2 aromatic rings. The molecule has 130 valence electrons. The van der Waals surface area contributed by atoms with Crippen molar-refractivity contribution < 1.29 is 9.59 Å². The van der Waals surface area contributed by atoms with Crippen LogP contribution in [0.3, 0.4) is 0 Å². The third-order valence-corrected chi connectivity index (χ3v) is 4.84. The van der Waals surface area contributed by atoms with E-state index in [-0.39, 0.29) is 23.5 Å². The Morgan fingerprint density at radius 2 is 1.92 bits per heavy atom. The van der Waals surface area contributed by atoms with E-state index in [4.69, 9.17) is 23.2 Å². The van der Waals surface area contributed by atoms with Gasteiger partial charge in [-0.25, -0.2) is 0 Å². The van der Waals surface area contributed by atoms with E-state index in [9.17, 15) is 9.59 Å². The average molecular weight is 377 g/mol. The Labute approximate surface area is 156 Å². The first kappa shape index (κ1) is 17.8. The summed E-state index contributed by atoms with van der Waals surface area (Å²) in [7, 11) is 0. The van der Waals surface area contributed by atoms with E-state index >= 15 is 0 Å². The van der Waals surface area contributed by atoms with Crippen LogP contribution in [0.2, 0.25) is 10.0 Å². The molecule has 2 amide bonds. The van der Waals surface area contributed by atoms with Gasteiger partial charge in [0.25, 0.3) is 5.91 Å². The molecule has 1 aliphatic rings. The second-order valence-corrected chi connectivity index (χ2v) is 6.86. The minimum absolute atomic E-state index is 0.00604. The monoisotopic (exact) mass is 376 g/mol. The van der Waals surface area contributed by atoms with Crippen molar-refractivity contribution in [3.05, 3.63) is 69.2 Å². The molecule has 2 N–H and O–H groups in total. The van der Waals surface area contributed by atoms with Crippen LogP contribution in [0.1, 0.15) is 40.4 Å². The number of carbonyl (C=O) groups excluding carboxylic acids is 2. The number of nitrogens with one attached hydrogen (secondary N) is 2. The van der Waals surface area contributed by atoms with Crippen molar-refractivity contribution in [2.24, 2.45) is 0 Å². The van der Waals surface area contributed by atoms with Gasteiger partial charge in [0.15, 0.2) is 0 Å². The van der Waals surface area contributed by atoms with Gasteiger partial charge in [0.05, 0.1) is 23.2 Å². The predicted octanol–water partition coefficient (Wildman–Crippen LogP) is 3.92. The van der Waals surface area contributed by atoms with Crippen LogP contribution < -0.4 is 10.6 Å². The fourth-order valence-corrected chi connectivity index (χ4v) is 3.57. The Morgan fingerprint density at radius 3 is 2.72 bits per heavy atom. The lowest BCUT2D eigenvalue weighted by Gasteiger charge is -2.26. The van der Waals surface area contributed by atoms with Crippen molar-refractivity contribution in [1.29, 1.82) is 0 Å². The summed E-state index contributed by atoms with van der Waals surface area (Å²) in [5, 5.41) is 6.30. The molecule has 0 heterocycles. The topological polar surface area (TPSA) is 58.2 Å². The average Bonchev–Trinajstić information content (AvgIpc) is 2.60. The van der Waals surface area contributed by atoms with E-state index in [0.29, 0.717) is 10.6 Å². The highest BCUT2D eigenvalue weighted by molar-refractivity contribution is 6.36. The van der Waals surface area contributed by atoms with E-state index in [1.165, 1.54) is 17.7 Å². The van der Waals surface area contributed by atoms with E-state index < -0.39 is 5.91 Å². The van der Waals surface area contributed by atoms with Crippen molar-refractivity contribution in [2.75, 3.05) is 6.54 Å². The van der Waals surface area contributed by atoms with Gasteiger partial charge in [-0.2, -0.15) is 0 Å². The maximum absolute atomic E-state index is 12.2. The summed E-state index contributed by atoms with van der Waals surface area (Å²) >= 11 is 11.8. The standard InChI is InChI=1S/C19H18Cl2N2O2/c20-13-8-9-15(16(21)10-13)19(25)22-11-18(24)23-17-7-3-5-12-4-1-2-6-14(12)17/h1-2,4,6,8-10,17H,3,5,7,11H2,(H,22,25)(H,23,24). The van der Waals surface area contributed by atoms with Gasteiger partial charge in [0, 0.05) is 5.02 Å². The van der Waals surface area contributed by atoms with Gasteiger partial charge in [-0.15, -0.1) is 0 Å². The van der Waals surface area contributed by atoms with Gasteiger partial charge < -0.3 is 10.6 Å². The van der Waals surface area contributed by atoms with Crippen LogP contribution in [0.15, 0.2) is 42.5 Å². The zero-order valence-corrected chi connectivity index (χ0v) is 15.0. The zero-order chi connectivity index (χ0) is 17.8. The third-order valence-electron chi connectivity index (χ3n) is 4.29. The van der Waals surface area contributed by atoms with Crippen LogP contribution in [0.25, 0.3) is 0 Å². The van der Waals surface area contributed by atoms with E-state index in [2.05, 4.69) is 16.7 Å². The molecule has 4 nitrogen and oxygen atoms in total. The van der Waals surface area contributed by atoms with Gasteiger partial charge in [-0.3, -0.25) is 9.59 Å². The first-order valence-corrected chi connectivity index (χ1v) is 8.90. The highest BCUT2D eigenvalue weighted by Gasteiger charge is 2.21. The third kappa shape index (κ3) is 4.33. The van der Waals surface area contributed by atoms with Crippen molar-refractivity contribution in [2.45, 2.75) is 25.3 Å². The second-order valence-electron chi connectivity index (χ2n) is 6.02. The quantitative estimate of drug-likeness (QED) is 0.849. The Bertz CT molecular complexity index is 808. The summed E-state index contributed by atoms with van der Waals surface area (Å²) < 4.78 is 0. The Balaban J connectivity index is 1.58. The number of carbonyl (C=O) groups is 2. The number of hydrogen-bond donors (Lipinski definition) is 2. The van der Waals surface area contributed by atoms with Crippen molar-refractivity contribution in [1.82, 2.24) is 10.6 Å². The minimum atomic E-state index is -0.402. The van der Waals surface area contributed by atoms with Gasteiger partial charge in [0.1, 0.15) is 0 Å². The molecular weight excluding hydrogens is 359 g/mol. The molecule has 1 unspecified atom stereocenters. The fraction of sp³-hybridized carbons (Fsp3) is 0.263. The highest BCUT2D eigenvalue weighted by atomic mass is 35.5. The Morgan fingerprint density at radius 1 is 1.12 bits per heavy atom. The molecule has 0 saturated carbocycles. The first-order valence-electron chi connectivity index (χ1n) is 8.15. The molecule has 0 bridgehead atoms. The van der Waals surface area contributed by atoms with Crippen molar-refractivity contribution in [3.8, 4) is 0 Å². The van der Waals surface area contributed by atoms with Crippen LogP contribution in [0.4, 0.5) is 0 Å². The number of benzene rings is 2. The second kappa shape index (κ2) is 7.89. The number of amides is 2. The van der Waals surface area contributed by atoms with Gasteiger partial charge in [-0.1, -0.05) is 47.5 Å². The Kier molecular flexibility index (Phi) is 5.61. The molecule has 0 aromatic heterocycles. The molecule has 1 atom stereocenters. The summed E-state index contributed by atoms with van der Waals surface area (Å²) in [5.74, 6) is -0.624. The molecule has 2 aromatic carbocycles. The molecule has 1 aliphatic carbocycles. The van der Waals surface area contributed by atoms with Crippen LogP contribution in [-0.4, -0.2) is 18.4 Å². The van der Waals surface area contributed by atoms with E-state index in [1.807, 2.05) is 18.2 Å². The summed E-state index contributed by atoms with van der Waals surface area (Å²) in [6, 6.07) is 12.7. The SMILES string of the molecule is O=C(CNC(=O)c1ccc(Cl)cc1Cl)NC1CCCc2ccccc21. The normalized spacial score (nSPS) is 16.0. The summed E-state index contributed by atoms with van der Waals surface area (Å²) in [4.78, 5) is 24.4. The largest absolute Gasteiger partial charge is 0.348 e. The molecule has 6 heteroatoms. The zero-order valence-electron chi connectivity index (χ0n) is 13.5. The molecule has 0 spiro atoms.